The van der Waals surface area contributed by atoms with Crippen molar-refractivity contribution >= 4 is 5.82 Å². The van der Waals surface area contributed by atoms with Crippen molar-refractivity contribution in [3.8, 4) is 5.88 Å². The van der Waals surface area contributed by atoms with Gasteiger partial charge in [0.15, 0.2) is 0 Å². The van der Waals surface area contributed by atoms with Gasteiger partial charge in [0.2, 0.25) is 5.88 Å². The van der Waals surface area contributed by atoms with Crippen LogP contribution >= 0.6 is 0 Å². The van der Waals surface area contributed by atoms with Gasteiger partial charge in [-0.05, 0) is 38.0 Å². The quantitative estimate of drug-likeness (QED) is 0.817. The molecule has 4 nitrogen and oxygen atoms in total. The first kappa shape index (κ1) is 16.1. The van der Waals surface area contributed by atoms with Crippen LogP contribution in [0.15, 0.2) is 6.07 Å². The summed E-state index contributed by atoms with van der Waals surface area (Å²) >= 11 is 0. The maximum Gasteiger partial charge on any atom is 0.218 e. The Morgan fingerprint density at radius 1 is 1.24 bits per heavy atom. The smallest absolute Gasteiger partial charge is 0.218 e. The van der Waals surface area contributed by atoms with E-state index in [-0.39, 0.29) is 0 Å². The summed E-state index contributed by atoms with van der Waals surface area (Å²) < 4.78 is 6.14. The SMILES string of the molecule is CCCNc1cc(OC2CCCC(C)C2)nc(CCC)n1. The van der Waals surface area contributed by atoms with Crippen molar-refractivity contribution in [1.29, 1.82) is 0 Å². The molecule has 1 aliphatic rings. The summed E-state index contributed by atoms with van der Waals surface area (Å²) in [6.45, 7) is 7.55. The van der Waals surface area contributed by atoms with E-state index in [2.05, 4.69) is 36.1 Å². The van der Waals surface area contributed by atoms with E-state index in [0.717, 1.165) is 62.1 Å². The molecule has 1 saturated carbocycles. The molecule has 0 radical (unpaired) electrons. The van der Waals surface area contributed by atoms with Gasteiger partial charge in [-0.25, -0.2) is 4.98 Å². The van der Waals surface area contributed by atoms with Crippen LogP contribution in [0.5, 0.6) is 5.88 Å². The van der Waals surface area contributed by atoms with Crippen molar-refractivity contribution in [2.45, 2.75) is 71.8 Å². The standard InChI is InChI=1S/C17H29N3O/c1-4-7-15-19-16(18-10-5-2)12-17(20-15)21-14-9-6-8-13(3)11-14/h12-14H,4-11H2,1-3H3,(H,18,19,20). The second kappa shape index (κ2) is 8.20. The van der Waals surface area contributed by atoms with Gasteiger partial charge in [0, 0.05) is 19.0 Å². The topological polar surface area (TPSA) is 47.0 Å². The molecule has 1 N–H and O–H groups in total. The normalized spacial score (nSPS) is 22.0. The fraction of sp³-hybridized carbons (Fsp3) is 0.765. The van der Waals surface area contributed by atoms with Crippen molar-refractivity contribution in [1.82, 2.24) is 9.97 Å². The van der Waals surface area contributed by atoms with Crippen LogP contribution in [0.2, 0.25) is 0 Å². The summed E-state index contributed by atoms with van der Waals surface area (Å²) in [4.78, 5) is 9.14. The van der Waals surface area contributed by atoms with Gasteiger partial charge in [-0.1, -0.05) is 27.2 Å². The Balaban J connectivity index is 2.06. The highest BCUT2D eigenvalue weighted by Crippen LogP contribution is 2.27. The van der Waals surface area contributed by atoms with Gasteiger partial charge in [-0.2, -0.15) is 4.98 Å². The zero-order chi connectivity index (χ0) is 15.1. The lowest BCUT2D eigenvalue weighted by Gasteiger charge is -2.27. The molecule has 4 heteroatoms. The number of nitrogens with zero attached hydrogens (tertiary/aromatic N) is 2. The Kier molecular flexibility index (Phi) is 6.27. The highest BCUT2D eigenvalue weighted by Gasteiger charge is 2.21. The minimum absolute atomic E-state index is 0.317. The monoisotopic (exact) mass is 291 g/mol. The maximum atomic E-state index is 6.14. The molecular formula is C17H29N3O. The molecule has 0 spiro atoms. The van der Waals surface area contributed by atoms with Gasteiger partial charge in [-0.3, -0.25) is 0 Å². The third-order valence-electron chi connectivity index (χ3n) is 3.95. The van der Waals surface area contributed by atoms with E-state index >= 15 is 0 Å². The minimum atomic E-state index is 0.317. The predicted molar refractivity (Wildman–Crippen MR) is 86.9 cm³/mol. The molecule has 1 fully saturated rings. The van der Waals surface area contributed by atoms with E-state index < -0.39 is 0 Å². The lowest BCUT2D eigenvalue weighted by Crippen LogP contribution is -2.24. The van der Waals surface area contributed by atoms with Crippen LogP contribution in [0.3, 0.4) is 0 Å². The van der Waals surface area contributed by atoms with E-state index in [4.69, 9.17) is 4.74 Å². The number of nitrogens with one attached hydrogen (secondary N) is 1. The first-order chi connectivity index (χ1) is 10.2. The van der Waals surface area contributed by atoms with E-state index in [9.17, 15) is 0 Å². The molecule has 0 aliphatic heterocycles. The molecule has 21 heavy (non-hydrogen) atoms. The van der Waals surface area contributed by atoms with Gasteiger partial charge >= 0.3 is 0 Å². The number of ether oxygens (including phenoxy) is 1. The van der Waals surface area contributed by atoms with E-state index in [1.165, 1.54) is 12.8 Å². The number of aromatic nitrogens is 2. The Morgan fingerprint density at radius 2 is 2.10 bits per heavy atom. The number of rotatable bonds is 7. The lowest BCUT2D eigenvalue weighted by atomic mass is 9.89. The van der Waals surface area contributed by atoms with Crippen molar-refractivity contribution in [3.63, 3.8) is 0 Å². The summed E-state index contributed by atoms with van der Waals surface area (Å²) in [6, 6.07) is 1.95. The first-order valence-corrected chi connectivity index (χ1v) is 8.49. The molecule has 0 aromatic carbocycles. The lowest BCUT2D eigenvalue weighted by molar-refractivity contribution is 0.123. The van der Waals surface area contributed by atoms with Crippen LogP contribution in [-0.4, -0.2) is 22.6 Å². The first-order valence-electron chi connectivity index (χ1n) is 8.49. The molecule has 1 heterocycles. The molecule has 1 aliphatic carbocycles. The third-order valence-corrected chi connectivity index (χ3v) is 3.95. The fourth-order valence-electron chi connectivity index (χ4n) is 2.87. The minimum Gasteiger partial charge on any atom is -0.474 e. The van der Waals surface area contributed by atoms with Crippen LogP contribution in [-0.2, 0) is 6.42 Å². The highest BCUT2D eigenvalue weighted by atomic mass is 16.5. The molecule has 0 amide bonds. The number of aryl methyl sites for hydroxylation is 1. The Labute approximate surface area is 128 Å². The van der Waals surface area contributed by atoms with E-state index in [1.54, 1.807) is 0 Å². The van der Waals surface area contributed by atoms with Gasteiger partial charge in [-0.15, -0.1) is 0 Å². The summed E-state index contributed by atoms with van der Waals surface area (Å²) in [5.41, 5.74) is 0. The summed E-state index contributed by atoms with van der Waals surface area (Å²) in [5, 5.41) is 3.35. The van der Waals surface area contributed by atoms with Gasteiger partial charge in [0.1, 0.15) is 17.7 Å². The summed E-state index contributed by atoms with van der Waals surface area (Å²) in [5.74, 6) is 3.29. The van der Waals surface area contributed by atoms with Crippen molar-refractivity contribution in [2.75, 3.05) is 11.9 Å². The largest absolute Gasteiger partial charge is 0.474 e. The van der Waals surface area contributed by atoms with Crippen molar-refractivity contribution < 1.29 is 4.74 Å². The summed E-state index contributed by atoms with van der Waals surface area (Å²) in [7, 11) is 0. The molecule has 118 valence electrons. The maximum absolute atomic E-state index is 6.14. The van der Waals surface area contributed by atoms with Crippen LogP contribution in [0, 0.1) is 5.92 Å². The average molecular weight is 291 g/mol. The Hall–Kier alpha value is -1.32. The third kappa shape index (κ3) is 5.18. The number of hydrogen-bond acceptors (Lipinski definition) is 4. The zero-order valence-corrected chi connectivity index (χ0v) is 13.7. The van der Waals surface area contributed by atoms with E-state index in [1.807, 2.05) is 6.07 Å². The van der Waals surface area contributed by atoms with Crippen LogP contribution in [0.25, 0.3) is 0 Å². The second-order valence-corrected chi connectivity index (χ2v) is 6.20. The molecule has 0 bridgehead atoms. The Bertz CT molecular complexity index is 436. The average Bonchev–Trinajstić information content (AvgIpc) is 2.45. The molecule has 2 rings (SSSR count). The van der Waals surface area contributed by atoms with Gasteiger partial charge < -0.3 is 10.1 Å². The van der Waals surface area contributed by atoms with Crippen molar-refractivity contribution in [3.05, 3.63) is 11.9 Å². The van der Waals surface area contributed by atoms with Gasteiger partial charge in [0.05, 0.1) is 0 Å². The van der Waals surface area contributed by atoms with Gasteiger partial charge in [0.25, 0.3) is 0 Å². The van der Waals surface area contributed by atoms with Crippen molar-refractivity contribution in [2.24, 2.45) is 5.92 Å². The summed E-state index contributed by atoms with van der Waals surface area (Å²) in [6.07, 6.45) is 8.24. The zero-order valence-electron chi connectivity index (χ0n) is 13.7. The molecular weight excluding hydrogens is 262 g/mol. The number of anilines is 1. The predicted octanol–water partition coefficient (Wildman–Crippen LogP) is 4.21. The Morgan fingerprint density at radius 3 is 2.81 bits per heavy atom. The van der Waals surface area contributed by atoms with E-state index in [0.29, 0.717) is 6.10 Å². The number of hydrogen-bond donors (Lipinski definition) is 1. The van der Waals surface area contributed by atoms with Crippen LogP contribution in [0.1, 0.15) is 65.1 Å². The molecule has 1 aromatic heterocycles. The molecule has 1 aromatic rings. The molecule has 2 atom stereocenters. The van der Waals surface area contributed by atoms with Crippen LogP contribution in [0.4, 0.5) is 5.82 Å². The fourth-order valence-corrected chi connectivity index (χ4v) is 2.87. The molecule has 0 saturated heterocycles. The highest BCUT2D eigenvalue weighted by molar-refractivity contribution is 5.38. The van der Waals surface area contributed by atoms with Crippen LogP contribution < -0.4 is 10.1 Å². The second-order valence-electron chi connectivity index (χ2n) is 6.20. The molecule has 2 unspecified atom stereocenters.